The zero-order valence-electron chi connectivity index (χ0n) is 19.4. The lowest BCUT2D eigenvalue weighted by atomic mass is 9.99. The second kappa shape index (κ2) is 9.30. The Labute approximate surface area is 214 Å². The number of carbonyl (C=O) groups excluding carboxylic acids is 1. The minimum atomic E-state index is -2.70. The van der Waals surface area contributed by atoms with Gasteiger partial charge in [0.25, 0.3) is 6.43 Å². The fourth-order valence-corrected chi connectivity index (χ4v) is 5.72. The molecule has 3 aromatic heterocycles. The first kappa shape index (κ1) is 24.4. The van der Waals surface area contributed by atoms with Gasteiger partial charge in [-0.05, 0) is 49.8 Å². The van der Waals surface area contributed by atoms with Crippen LogP contribution in [0.15, 0.2) is 23.2 Å². The Morgan fingerprint density at radius 1 is 1.34 bits per heavy atom. The highest BCUT2D eigenvalue weighted by Gasteiger charge is 2.37. The van der Waals surface area contributed by atoms with E-state index in [1.54, 1.807) is 23.9 Å². The molecule has 3 aromatic rings. The summed E-state index contributed by atoms with van der Waals surface area (Å²) in [4.78, 5) is 21.1. The number of pyridine rings is 1. The Morgan fingerprint density at radius 3 is 2.71 bits per heavy atom. The maximum Gasteiger partial charge on any atom is 0.319 e. The zero-order valence-corrected chi connectivity index (χ0v) is 21.8. The van der Waals surface area contributed by atoms with E-state index in [-0.39, 0.29) is 26.7 Å². The second-order valence-corrected chi connectivity index (χ2v) is 11.4. The van der Waals surface area contributed by atoms with Crippen LogP contribution >= 0.6 is 34.9 Å². The number of fused-ring (bicyclic) bond motifs is 1. The highest BCUT2D eigenvalue weighted by Crippen LogP contribution is 2.40. The van der Waals surface area contributed by atoms with Gasteiger partial charge in [-0.3, -0.25) is 9.12 Å². The van der Waals surface area contributed by atoms with Crippen LogP contribution in [0.3, 0.4) is 0 Å². The van der Waals surface area contributed by atoms with Crippen molar-refractivity contribution in [3.05, 3.63) is 34.1 Å². The van der Waals surface area contributed by atoms with Gasteiger partial charge in [0, 0.05) is 49.4 Å². The third-order valence-corrected chi connectivity index (χ3v) is 8.35. The Balaban J connectivity index is 1.58. The lowest BCUT2D eigenvalue weighted by Gasteiger charge is -2.29. The molecule has 0 atom stereocenters. The lowest BCUT2D eigenvalue weighted by Crippen LogP contribution is -2.41. The average molecular weight is 540 g/mol. The number of nitrogens with one attached hydrogen (secondary N) is 1. The highest BCUT2D eigenvalue weighted by molar-refractivity contribution is 7.97. The molecular formula is C22H24ClF2N7OS2. The maximum absolute atomic E-state index is 13.1. The standard InChI is InChI=1S/C22H24ClF2N7OS2/c1-22(6-7-22)29-35-13-10-14(12-4-8-31(9-5-12)21(33)30(2)3)15-16(23)26-18(32(15)11-13)20-28-27-19(34-20)17(24)25/h4,10-11,17,29H,5-9H2,1-3H3. The van der Waals surface area contributed by atoms with Crippen LogP contribution in [0.4, 0.5) is 13.6 Å². The number of rotatable bonds is 6. The molecule has 0 radical (unpaired) electrons. The van der Waals surface area contributed by atoms with E-state index < -0.39 is 6.43 Å². The molecule has 4 heterocycles. The van der Waals surface area contributed by atoms with Gasteiger partial charge in [-0.15, -0.1) is 10.2 Å². The Hall–Kier alpha value is -2.28. The van der Waals surface area contributed by atoms with Crippen molar-refractivity contribution in [2.75, 3.05) is 27.2 Å². The second-order valence-electron chi connectivity index (χ2n) is 9.15. The quantitative estimate of drug-likeness (QED) is 0.425. The summed E-state index contributed by atoms with van der Waals surface area (Å²) in [5.74, 6) is 0.372. The number of amides is 2. The molecule has 0 saturated heterocycles. The van der Waals surface area contributed by atoms with Crippen LogP contribution in [0.1, 0.15) is 43.2 Å². The van der Waals surface area contributed by atoms with Gasteiger partial charge in [-0.2, -0.15) is 0 Å². The van der Waals surface area contributed by atoms with Crippen LogP contribution in [-0.4, -0.2) is 68.1 Å². The fraction of sp³-hybridized carbons (Fsp3) is 0.455. The van der Waals surface area contributed by atoms with Crippen LogP contribution in [0.2, 0.25) is 5.15 Å². The van der Waals surface area contributed by atoms with Gasteiger partial charge in [-0.25, -0.2) is 18.6 Å². The molecule has 8 nitrogen and oxygen atoms in total. The molecule has 1 fully saturated rings. The average Bonchev–Trinajstić information content (AvgIpc) is 3.23. The van der Waals surface area contributed by atoms with Gasteiger partial charge in [0.15, 0.2) is 21.0 Å². The number of imidazole rings is 1. The summed E-state index contributed by atoms with van der Waals surface area (Å²) in [6, 6.07) is 2.03. The summed E-state index contributed by atoms with van der Waals surface area (Å²) in [6.45, 7) is 3.24. The zero-order chi connectivity index (χ0) is 24.9. The SMILES string of the molecule is CN(C)C(=O)N1CC=C(c2cc(SNC3(C)CC3)cn3c(-c4nnc(C(F)F)s4)nc(Cl)c23)CC1. The summed E-state index contributed by atoms with van der Waals surface area (Å²) in [5.41, 5.74) is 2.74. The molecule has 35 heavy (non-hydrogen) atoms. The van der Waals surface area contributed by atoms with Crippen LogP contribution in [0, 0.1) is 0 Å². The summed E-state index contributed by atoms with van der Waals surface area (Å²) in [5, 5.41) is 7.73. The molecule has 1 N–H and O–H groups in total. The predicted octanol–water partition coefficient (Wildman–Crippen LogP) is 5.36. The number of nitrogens with zero attached hydrogens (tertiary/aromatic N) is 6. The van der Waals surface area contributed by atoms with Gasteiger partial charge < -0.3 is 9.80 Å². The van der Waals surface area contributed by atoms with E-state index in [1.165, 1.54) is 11.9 Å². The molecular weight excluding hydrogens is 516 g/mol. The van der Waals surface area contributed by atoms with E-state index in [0.29, 0.717) is 30.9 Å². The number of halogens is 3. The van der Waals surface area contributed by atoms with Crippen LogP contribution in [0.25, 0.3) is 21.9 Å². The molecule has 186 valence electrons. The van der Waals surface area contributed by atoms with Crippen LogP contribution < -0.4 is 4.72 Å². The molecule has 0 spiro atoms. The molecule has 2 aliphatic rings. The number of hydrogen-bond acceptors (Lipinski definition) is 7. The normalized spacial score (nSPS) is 17.2. The van der Waals surface area contributed by atoms with Crippen molar-refractivity contribution >= 4 is 52.0 Å². The van der Waals surface area contributed by atoms with Crippen molar-refractivity contribution in [2.45, 2.75) is 43.0 Å². The van der Waals surface area contributed by atoms with Gasteiger partial charge in [0.2, 0.25) is 0 Å². The number of hydrogen-bond donors (Lipinski definition) is 1. The molecule has 5 rings (SSSR count). The van der Waals surface area contributed by atoms with Gasteiger partial charge >= 0.3 is 6.03 Å². The summed E-state index contributed by atoms with van der Waals surface area (Å²) in [7, 11) is 3.47. The first-order valence-corrected chi connectivity index (χ1v) is 13.1. The summed E-state index contributed by atoms with van der Waals surface area (Å²) in [6.07, 6.45) is 4.10. The van der Waals surface area contributed by atoms with E-state index >= 15 is 0 Å². The third-order valence-electron chi connectivity index (χ3n) is 6.11. The predicted molar refractivity (Wildman–Crippen MR) is 134 cm³/mol. The molecule has 1 aliphatic carbocycles. The number of alkyl halides is 2. The Bertz CT molecular complexity index is 1320. The first-order valence-electron chi connectivity index (χ1n) is 11.1. The van der Waals surface area contributed by atoms with Gasteiger partial charge in [0.05, 0.1) is 5.52 Å². The van der Waals surface area contributed by atoms with E-state index in [2.05, 4.69) is 32.9 Å². The summed E-state index contributed by atoms with van der Waals surface area (Å²) >= 11 is 8.94. The highest BCUT2D eigenvalue weighted by atomic mass is 35.5. The largest absolute Gasteiger partial charge is 0.331 e. The lowest BCUT2D eigenvalue weighted by molar-refractivity contribution is 0.150. The van der Waals surface area contributed by atoms with Crippen molar-refractivity contribution in [3.8, 4) is 10.8 Å². The van der Waals surface area contributed by atoms with E-state index in [4.69, 9.17) is 11.6 Å². The molecule has 0 bridgehead atoms. The van der Waals surface area contributed by atoms with E-state index in [0.717, 1.165) is 40.2 Å². The Morgan fingerprint density at radius 2 is 2.11 bits per heavy atom. The maximum atomic E-state index is 13.1. The molecule has 13 heteroatoms. The van der Waals surface area contributed by atoms with Gasteiger partial charge in [-0.1, -0.05) is 29.0 Å². The minimum Gasteiger partial charge on any atom is -0.331 e. The molecule has 0 unspecified atom stereocenters. The number of carbonyl (C=O) groups is 1. The van der Waals surface area contributed by atoms with Crippen LogP contribution in [-0.2, 0) is 0 Å². The molecule has 0 aromatic carbocycles. The summed E-state index contributed by atoms with van der Waals surface area (Å²) < 4.78 is 31.6. The molecule has 1 saturated carbocycles. The third kappa shape index (κ3) is 4.89. The van der Waals surface area contributed by atoms with Crippen molar-refractivity contribution in [1.29, 1.82) is 0 Å². The topological polar surface area (TPSA) is 78.7 Å². The first-order chi connectivity index (χ1) is 16.6. The monoisotopic (exact) mass is 539 g/mol. The van der Waals surface area contributed by atoms with Crippen molar-refractivity contribution in [3.63, 3.8) is 0 Å². The fourth-order valence-electron chi connectivity index (χ4n) is 3.85. The Kier molecular flexibility index (Phi) is 6.49. The van der Waals surface area contributed by atoms with Crippen molar-refractivity contribution in [2.24, 2.45) is 0 Å². The minimum absolute atomic E-state index is 0.0348. The molecule has 2 amide bonds. The molecule has 1 aliphatic heterocycles. The van der Waals surface area contributed by atoms with Crippen molar-refractivity contribution < 1.29 is 13.6 Å². The smallest absolute Gasteiger partial charge is 0.319 e. The van der Waals surface area contributed by atoms with Crippen LogP contribution in [0.5, 0.6) is 0 Å². The van der Waals surface area contributed by atoms with E-state index in [9.17, 15) is 13.6 Å². The van der Waals surface area contributed by atoms with Crippen molar-refractivity contribution in [1.82, 2.24) is 34.1 Å². The number of urea groups is 1. The van der Waals surface area contributed by atoms with E-state index in [1.807, 2.05) is 16.7 Å². The number of aromatic nitrogens is 4. The van der Waals surface area contributed by atoms with Gasteiger partial charge in [0.1, 0.15) is 0 Å².